The number of hydrogen-bond acceptors (Lipinski definition) is 7. The molecule has 0 bridgehead atoms. The Balaban J connectivity index is 1.42. The first-order valence-electron chi connectivity index (χ1n) is 11.3. The van der Waals surface area contributed by atoms with E-state index in [1.54, 1.807) is 31.2 Å². The van der Waals surface area contributed by atoms with Gasteiger partial charge in [-0.15, -0.1) is 0 Å². The van der Waals surface area contributed by atoms with Gasteiger partial charge < -0.3 is 4.74 Å². The zero-order chi connectivity index (χ0) is 24.3. The minimum Gasteiger partial charge on any atom is -0.462 e. The molecular formula is C23H29N5O5S. The van der Waals surface area contributed by atoms with Crippen molar-refractivity contribution in [2.24, 2.45) is 5.92 Å². The summed E-state index contributed by atoms with van der Waals surface area (Å²) >= 11 is 0. The Morgan fingerprint density at radius 3 is 2.79 bits per heavy atom. The first-order chi connectivity index (χ1) is 16.3. The fraction of sp³-hybridized carbons (Fsp3) is 0.435. The number of H-pyrrole nitrogens is 1. The van der Waals surface area contributed by atoms with Crippen LogP contribution < -0.4 is 10.3 Å². The van der Waals surface area contributed by atoms with Gasteiger partial charge in [-0.2, -0.15) is 0 Å². The number of esters is 1. The van der Waals surface area contributed by atoms with Crippen molar-refractivity contribution in [1.82, 2.24) is 24.2 Å². The molecule has 3 heterocycles. The summed E-state index contributed by atoms with van der Waals surface area (Å²) in [5.74, 6) is -0.398. The average Bonchev–Trinajstić information content (AvgIpc) is 3.23. The van der Waals surface area contributed by atoms with Crippen molar-refractivity contribution >= 4 is 21.6 Å². The van der Waals surface area contributed by atoms with E-state index < -0.39 is 16.0 Å². The van der Waals surface area contributed by atoms with Crippen LogP contribution in [-0.2, 0) is 21.3 Å². The maximum atomic E-state index is 12.6. The van der Waals surface area contributed by atoms with E-state index in [0.717, 1.165) is 24.9 Å². The van der Waals surface area contributed by atoms with Gasteiger partial charge in [-0.25, -0.2) is 27.4 Å². The normalized spacial score (nSPS) is 17.2. The summed E-state index contributed by atoms with van der Waals surface area (Å²) in [5.41, 5.74) is 1.69. The average molecular weight is 488 g/mol. The Bertz CT molecular complexity index is 1330. The van der Waals surface area contributed by atoms with Gasteiger partial charge in [0.25, 0.3) is 5.56 Å². The Morgan fingerprint density at radius 1 is 1.29 bits per heavy atom. The van der Waals surface area contributed by atoms with Gasteiger partial charge in [-0.05, 0) is 51.3 Å². The molecule has 3 aromatic rings. The second kappa shape index (κ2) is 10.1. The number of piperidine rings is 1. The van der Waals surface area contributed by atoms with E-state index in [2.05, 4.69) is 19.7 Å². The molecule has 0 spiro atoms. The number of sulfonamides is 1. The molecule has 1 unspecified atom stereocenters. The minimum absolute atomic E-state index is 0.140. The second-order valence-electron chi connectivity index (χ2n) is 8.56. The van der Waals surface area contributed by atoms with Gasteiger partial charge in [0, 0.05) is 31.9 Å². The Hall–Kier alpha value is -3.02. The molecule has 1 fully saturated rings. The van der Waals surface area contributed by atoms with E-state index in [9.17, 15) is 18.0 Å². The van der Waals surface area contributed by atoms with Gasteiger partial charge in [0.2, 0.25) is 10.0 Å². The van der Waals surface area contributed by atoms with Crippen LogP contribution >= 0.6 is 0 Å². The van der Waals surface area contributed by atoms with Gasteiger partial charge in [-0.1, -0.05) is 17.7 Å². The number of nitrogens with zero attached hydrogens (tertiary/aromatic N) is 3. The Labute approximate surface area is 198 Å². The number of carbonyl (C=O) groups is 1. The highest BCUT2D eigenvalue weighted by Crippen LogP contribution is 2.19. The van der Waals surface area contributed by atoms with E-state index in [4.69, 9.17) is 4.74 Å². The van der Waals surface area contributed by atoms with Crippen molar-refractivity contribution in [2.75, 3.05) is 26.2 Å². The largest absolute Gasteiger partial charge is 0.462 e. The van der Waals surface area contributed by atoms with E-state index in [0.29, 0.717) is 25.3 Å². The predicted molar refractivity (Wildman–Crippen MR) is 126 cm³/mol. The molecule has 1 aromatic carbocycles. The predicted octanol–water partition coefficient (Wildman–Crippen LogP) is 1.70. The molecule has 34 heavy (non-hydrogen) atoms. The number of rotatable bonds is 8. The highest BCUT2D eigenvalue weighted by molar-refractivity contribution is 7.89. The standard InChI is InChI=1S/C23H29N5O5S/c1-3-33-23(30)20-13-24-28-21(29)11-18(26-22(20)28)15-27-10-4-5-17(14-27)12-25-34(31,32)19-8-6-16(2)7-9-19/h6-9,11,13,17,24-25H,3-5,10,12,14-15H2,1-2H3. The fourth-order valence-electron chi connectivity index (χ4n) is 4.19. The molecule has 2 aromatic heterocycles. The topological polar surface area (TPSA) is 126 Å². The van der Waals surface area contributed by atoms with Crippen molar-refractivity contribution in [1.29, 1.82) is 0 Å². The van der Waals surface area contributed by atoms with Crippen molar-refractivity contribution in [3.63, 3.8) is 0 Å². The number of aryl methyl sites for hydroxylation is 1. The SMILES string of the molecule is CCOC(=O)c1c[nH]n2c(=O)cc(CN3CCCC(CNS(=O)(=O)c4ccc(C)cc4)C3)nc12. The van der Waals surface area contributed by atoms with Crippen molar-refractivity contribution in [3.8, 4) is 0 Å². The summed E-state index contributed by atoms with van der Waals surface area (Å²) in [6, 6.07) is 8.22. The lowest BCUT2D eigenvalue weighted by molar-refractivity contribution is 0.0528. The molecule has 0 amide bonds. The first-order valence-corrected chi connectivity index (χ1v) is 12.8. The number of aromatic amines is 1. The Kier molecular flexibility index (Phi) is 7.15. The second-order valence-corrected chi connectivity index (χ2v) is 10.3. The molecule has 0 radical (unpaired) electrons. The molecule has 1 aliphatic rings. The van der Waals surface area contributed by atoms with Crippen LogP contribution in [0.15, 0.2) is 46.2 Å². The third-order valence-corrected chi connectivity index (χ3v) is 7.37. The van der Waals surface area contributed by atoms with Crippen LogP contribution in [0.1, 0.15) is 41.4 Å². The maximum Gasteiger partial charge on any atom is 0.343 e. The lowest BCUT2D eigenvalue weighted by atomic mass is 9.98. The third-order valence-electron chi connectivity index (χ3n) is 5.93. The highest BCUT2D eigenvalue weighted by Gasteiger charge is 2.24. The molecule has 11 heteroatoms. The van der Waals surface area contributed by atoms with E-state index >= 15 is 0 Å². The van der Waals surface area contributed by atoms with Crippen LogP contribution in [0, 0.1) is 12.8 Å². The fourth-order valence-corrected chi connectivity index (χ4v) is 5.30. The number of aromatic nitrogens is 3. The third kappa shape index (κ3) is 5.37. The highest BCUT2D eigenvalue weighted by atomic mass is 32.2. The molecule has 0 aliphatic carbocycles. The van der Waals surface area contributed by atoms with Crippen LogP contribution in [0.4, 0.5) is 0 Å². The molecule has 2 N–H and O–H groups in total. The molecule has 0 saturated carbocycles. The summed E-state index contributed by atoms with van der Waals surface area (Å²) in [4.78, 5) is 31.6. The number of benzene rings is 1. The number of hydrogen-bond donors (Lipinski definition) is 2. The molecule has 4 rings (SSSR count). The van der Waals surface area contributed by atoms with Crippen LogP contribution in [0.2, 0.25) is 0 Å². The summed E-state index contributed by atoms with van der Waals surface area (Å²) in [6.45, 7) is 6.12. The van der Waals surface area contributed by atoms with Gasteiger partial charge in [0.15, 0.2) is 5.65 Å². The summed E-state index contributed by atoms with van der Waals surface area (Å²) in [5, 5.41) is 2.74. The van der Waals surface area contributed by atoms with Gasteiger partial charge in [0.1, 0.15) is 5.56 Å². The summed E-state index contributed by atoms with van der Waals surface area (Å²) in [6.07, 6.45) is 3.24. The zero-order valence-corrected chi connectivity index (χ0v) is 20.1. The quantitative estimate of drug-likeness (QED) is 0.463. The summed E-state index contributed by atoms with van der Waals surface area (Å²) in [7, 11) is -3.57. The van der Waals surface area contributed by atoms with Crippen LogP contribution in [0.3, 0.4) is 0 Å². The van der Waals surface area contributed by atoms with Crippen molar-refractivity contribution in [3.05, 3.63) is 63.7 Å². The number of nitrogens with one attached hydrogen (secondary N) is 2. The smallest absolute Gasteiger partial charge is 0.343 e. The maximum absolute atomic E-state index is 12.6. The molecule has 1 saturated heterocycles. The van der Waals surface area contributed by atoms with Crippen molar-refractivity contribution in [2.45, 2.75) is 38.1 Å². The molecule has 1 aliphatic heterocycles. The molecule has 10 nitrogen and oxygen atoms in total. The van der Waals surface area contributed by atoms with E-state index in [1.807, 2.05) is 6.92 Å². The van der Waals surface area contributed by atoms with Crippen LogP contribution in [-0.4, -0.2) is 60.1 Å². The monoisotopic (exact) mass is 487 g/mol. The van der Waals surface area contributed by atoms with Gasteiger partial charge in [0.05, 0.1) is 17.2 Å². The number of fused-ring (bicyclic) bond motifs is 1. The Morgan fingerprint density at radius 2 is 2.06 bits per heavy atom. The molecule has 1 atom stereocenters. The summed E-state index contributed by atoms with van der Waals surface area (Å²) < 4.78 is 34.2. The number of ether oxygens (including phenoxy) is 1. The van der Waals surface area contributed by atoms with E-state index in [1.165, 1.54) is 16.8 Å². The number of carbonyl (C=O) groups excluding carboxylic acids is 1. The molecule has 182 valence electrons. The zero-order valence-electron chi connectivity index (χ0n) is 19.3. The number of likely N-dealkylation sites (tertiary alicyclic amines) is 1. The lowest BCUT2D eigenvalue weighted by Crippen LogP contribution is -2.40. The van der Waals surface area contributed by atoms with Crippen molar-refractivity contribution < 1.29 is 17.9 Å². The van der Waals surface area contributed by atoms with Gasteiger partial charge in [-0.3, -0.25) is 14.8 Å². The van der Waals surface area contributed by atoms with Crippen LogP contribution in [0.25, 0.3) is 5.65 Å². The minimum atomic E-state index is -3.57. The first kappa shape index (κ1) is 24.1. The van der Waals surface area contributed by atoms with E-state index in [-0.39, 0.29) is 34.2 Å². The van der Waals surface area contributed by atoms with Crippen LogP contribution in [0.5, 0.6) is 0 Å². The van der Waals surface area contributed by atoms with Gasteiger partial charge >= 0.3 is 5.97 Å². The lowest BCUT2D eigenvalue weighted by Gasteiger charge is -2.32. The molecular weight excluding hydrogens is 458 g/mol.